The van der Waals surface area contributed by atoms with Crippen molar-refractivity contribution in [2.75, 3.05) is 35.7 Å². The molecule has 4 rings (SSSR count). The van der Waals surface area contributed by atoms with Gasteiger partial charge in [-0.25, -0.2) is 13.6 Å². The number of fused-ring (bicyclic) bond motifs is 1. The lowest BCUT2D eigenvalue weighted by Gasteiger charge is -2.43. The number of nitrogens with two attached hydrogens (primary N) is 1. The van der Waals surface area contributed by atoms with Crippen LogP contribution in [0.1, 0.15) is 23.6 Å². The number of hydrogen-bond donors (Lipinski definition) is 3. The molecule has 0 saturated carbocycles. The quantitative estimate of drug-likeness (QED) is 0.496. The van der Waals surface area contributed by atoms with Crippen molar-refractivity contribution in [3.05, 3.63) is 63.3 Å². The Balaban J connectivity index is 2.02. The van der Waals surface area contributed by atoms with Crippen LogP contribution in [-0.4, -0.2) is 37.3 Å². The third-order valence-electron chi connectivity index (χ3n) is 6.37. The van der Waals surface area contributed by atoms with Crippen molar-refractivity contribution in [3.63, 3.8) is 0 Å². The number of carboxylic acids is 1. The Morgan fingerprint density at radius 2 is 2.00 bits per heavy atom. The van der Waals surface area contributed by atoms with E-state index in [0.717, 1.165) is 0 Å². The number of anilines is 4. The normalized spacial score (nSPS) is 15.9. The Hall–Kier alpha value is -2.91. The fourth-order valence-electron chi connectivity index (χ4n) is 4.41. The van der Waals surface area contributed by atoms with Gasteiger partial charge in [-0.05, 0) is 65.2 Å². The fourth-order valence-corrected chi connectivity index (χ4v) is 5.22. The first-order valence-electron chi connectivity index (χ1n) is 10.6. The zero-order valence-electron chi connectivity index (χ0n) is 18.6. The van der Waals surface area contributed by atoms with Crippen molar-refractivity contribution in [3.8, 4) is 0 Å². The SMILES string of the molecule is C=C1C(C(=O)O)=CN(c2cc(N)c(F)cc2CC)c2c(Br)c(N3CC(NC)C3)c(F)c(C)c21. The van der Waals surface area contributed by atoms with E-state index in [2.05, 4.69) is 27.8 Å². The van der Waals surface area contributed by atoms with Crippen LogP contribution >= 0.6 is 15.9 Å². The molecule has 2 heterocycles. The highest BCUT2D eigenvalue weighted by molar-refractivity contribution is 9.10. The standard InChI is InChI=1S/C24H25BrF2N4O2/c1-5-13-6-16(26)17(28)7-18(13)31-10-15(24(32)33)11(2)19-12(3)21(27)23(20(25)22(19)31)30-8-14(9-30)29-4/h6-7,10,14,29H,2,5,8-9,28H2,1,3-4H3,(H,32,33). The van der Waals surface area contributed by atoms with E-state index < -0.39 is 17.6 Å². The Morgan fingerprint density at radius 1 is 1.33 bits per heavy atom. The Morgan fingerprint density at radius 3 is 2.58 bits per heavy atom. The number of aryl methyl sites for hydroxylation is 1. The molecule has 1 saturated heterocycles. The van der Waals surface area contributed by atoms with Crippen molar-refractivity contribution >= 4 is 50.2 Å². The molecule has 2 aliphatic heterocycles. The maximum Gasteiger partial charge on any atom is 0.337 e. The van der Waals surface area contributed by atoms with Crippen molar-refractivity contribution in [2.45, 2.75) is 26.3 Å². The van der Waals surface area contributed by atoms with E-state index in [0.29, 0.717) is 57.7 Å². The highest BCUT2D eigenvalue weighted by atomic mass is 79.9. The van der Waals surface area contributed by atoms with Crippen LogP contribution in [0.2, 0.25) is 0 Å². The molecule has 0 unspecified atom stereocenters. The first-order chi connectivity index (χ1) is 15.6. The summed E-state index contributed by atoms with van der Waals surface area (Å²) in [5.74, 6) is -2.17. The average Bonchev–Trinajstić information content (AvgIpc) is 2.74. The minimum absolute atomic E-state index is 0.0618. The van der Waals surface area contributed by atoms with Gasteiger partial charge in [0.2, 0.25) is 0 Å². The maximum absolute atomic E-state index is 15.7. The molecule has 2 aromatic rings. The third-order valence-corrected chi connectivity index (χ3v) is 7.12. The van der Waals surface area contributed by atoms with Gasteiger partial charge in [0.05, 0.1) is 32.8 Å². The molecule has 0 bridgehead atoms. The Bertz CT molecular complexity index is 1220. The molecule has 0 spiro atoms. The number of nitrogens with zero attached hydrogens (tertiary/aromatic N) is 2. The zero-order chi connectivity index (χ0) is 24.2. The largest absolute Gasteiger partial charge is 0.478 e. The van der Waals surface area contributed by atoms with Gasteiger partial charge in [0, 0.05) is 30.9 Å². The van der Waals surface area contributed by atoms with Gasteiger partial charge in [-0.3, -0.25) is 0 Å². The minimum atomic E-state index is -1.19. The number of hydrogen-bond acceptors (Lipinski definition) is 5. The molecule has 0 amide bonds. The van der Waals surface area contributed by atoms with E-state index in [-0.39, 0.29) is 22.9 Å². The second-order valence-electron chi connectivity index (χ2n) is 8.27. The highest BCUT2D eigenvalue weighted by Gasteiger charge is 2.37. The molecule has 0 atom stereocenters. The van der Waals surface area contributed by atoms with Crippen LogP contribution < -0.4 is 20.9 Å². The number of likely N-dealkylation sites (N-methyl/N-ethyl adjacent to an activating group) is 1. The summed E-state index contributed by atoms with van der Waals surface area (Å²) in [4.78, 5) is 15.6. The lowest BCUT2D eigenvalue weighted by Crippen LogP contribution is -2.57. The summed E-state index contributed by atoms with van der Waals surface area (Å²) in [6, 6.07) is 3.08. The predicted molar refractivity (Wildman–Crippen MR) is 131 cm³/mol. The summed E-state index contributed by atoms with van der Waals surface area (Å²) >= 11 is 3.60. The van der Waals surface area contributed by atoms with Crippen molar-refractivity contribution in [1.29, 1.82) is 0 Å². The molecule has 0 radical (unpaired) electrons. The van der Waals surface area contributed by atoms with Gasteiger partial charge in [-0.1, -0.05) is 13.5 Å². The van der Waals surface area contributed by atoms with Crippen LogP contribution in [0.4, 0.5) is 31.5 Å². The van der Waals surface area contributed by atoms with Crippen LogP contribution in [0, 0.1) is 18.6 Å². The van der Waals surface area contributed by atoms with Crippen molar-refractivity contribution in [1.82, 2.24) is 5.32 Å². The van der Waals surface area contributed by atoms with E-state index >= 15 is 4.39 Å². The second kappa shape index (κ2) is 8.46. The third kappa shape index (κ3) is 3.59. The van der Waals surface area contributed by atoms with Gasteiger partial charge in [0.15, 0.2) is 5.82 Å². The van der Waals surface area contributed by atoms with Gasteiger partial charge in [0.1, 0.15) is 5.82 Å². The van der Waals surface area contributed by atoms with Crippen molar-refractivity contribution in [2.24, 2.45) is 0 Å². The van der Waals surface area contributed by atoms with Gasteiger partial charge < -0.3 is 26.0 Å². The number of nitrogen functional groups attached to an aromatic ring is 1. The maximum atomic E-state index is 15.7. The number of nitrogens with one attached hydrogen (secondary N) is 1. The van der Waals surface area contributed by atoms with Crippen LogP contribution in [0.25, 0.3) is 5.57 Å². The lowest BCUT2D eigenvalue weighted by atomic mass is 9.88. The molecule has 6 nitrogen and oxygen atoms in total. The smallest absolute Gasteiger partial charge is 0.337 e. The fraction of sp³-hybridized carbons (Fsp3) is 0.292. The molecule has 0 aliphatic carbocycles. The summed E-state index contributed by atoms with van der Waals surface area (Å²) in [6.07, 6.45) is 1.92. The number of halogens is 3. The average molecular weight is 519 g/mol. The summed E-state index contributed by atoms with van der Waals surface area (Å²) in [6.45, 7) is 8.71. The van der Waals surface area contributed by atoms with Gasteiger partial charge >= 0.3 is 5.97 Å². The molecule has 2 aromatic carbocycles. The Kier molecular flexibility index (Phi) is 5.96. The molecule has 4 N–H and O–H groups in total. The first-order valence-corrected chi connectivity index (χ1v) is 11.4. The molecule has 9 heteroatoms. The number of rotatable bonds is 5. The number of benzene rings is 2. The highest BCUT2D eigenvalue weighted by Crippen LogP contribution is 2.52. The van der Waals surface area contributed by atoms with Crippen LogP contribution in [-0.2, 0) is 11.2 Å². The molecule has 2 aliphatic rings. The number of aliphatic carboxylic acids is 1. The van der Waals surface area contributed by atoms with E-state index in [4.69, 9.17) is 5.73 Å². The van der Waals surface area contributed by atoms with E-state index in [1.54, 1.807) is 11.8 Å². The monoisotopic (exact) mass is 518 g/mol. The summed E-state index contributed by atoms with van der Waals surface area (Å²) < 4.78 is 30.4. The number of carboxylic acid groups (broad SMARTS) is 1. The predicted octanol–water partition coefficient (Wildman–Crippen LogP) is 4.72. The van der Waals surface area contributed by atoms with Crippen LogP contribution in [0.3, 0.4) is 0 Å². The van der Waals surface area contributed by atoms with Crippen molar-refractivity contribution < 1.29 is 18.7 Å². The summed E-state index contributed by atoms with van der Waals surface area (Å²) in [5, 5.41) is 13.0. The van der Waals surface area contributed by atoms with Crippen LogP contribution in [0.5, 0.6) is 0 Å². The topological polar surface area (TPSA) is 81.8 Å². The molecule has 0 aromatic heterocycles. The van der Waals surface area contributed by atoms with Gasteiger partial charge in [0.25, 0.3) is 0 Å². The number of carbonyl (C=O) groups is 1. The van der Waals surface area contributed by atoms with Gasteiger partial charge in [-0.2, -0.15) is 0 Å². The molecular formula is C24H25BrF2N4O2. The molecule has 33 heavy (non-hydrogen) atoms. The molecule has 1 fully saturated rings. The van der Waals surface area contributed by atoms with E-state index in [1.807, 2.05) is 18.9 Å². The Labute approximate surface area is 199 Å². The summed E-state index contributed by atoms with van der Waals surface area (Å²) in [5.41, 5.74) is 8.75. The van der Waals surface area contributed by atoms with Gasteiger partial charge in [-0.15, -0.1) is 0 Å². The van der Waals surface area contributed by atoms with E-state index in [1.165, 1.54) is 18.3 Å². The second-order valence-corrected chi connectivity index (χ2v) is 9.06. The molecular weight excluding hydrogens is 494 g/mol. The minimum Gasteiger partial charge on any atom is -0.478 e. The lowest BCUT2D eigenvalue weighted by molar-refractivity contribution is -0.132. The van der Waals surface area contributed by atoms with Crippen LogP contribution in [0.15, 0.2) is 35.0 Å². The van der Waals surface area contributed by atoms with E-state index in [9.17, 15) is 14.3 Å². The first kappa shape index (κ1) is 23.3. The zero-order valence-corrected chi connectivity index (χ0v) is 20.2. The molecule has 174 valence electrons. The summed E-state index contributed by atoms with van der Waals surface area (Å²) in [7, 11) is 1.86.